The largest absolute Gasteiger partial charge is 0.305 e. The number of nitrogens with zero attached hydrogens (tertiary/aromatic N) is 2. The van der Waals surface area contributed by atoms with Gasteiger partial charge in [0.1, 0.15) is 0 Å². The quantitative estimate of drug-likeness (QED) is 0.185. The number of benzene rings is 3. The molecule has 0 fully saturated rings. The van der Waals surface area contributed by atoms with Gasteiger partial charge >= 0.3 is 0 Å². The van der Waals surface area contributed by atoms with E-state index in [1.807, 2.05) is 61.8 Å². The molecule has 0 bridgehead atoms. The molecular formula is C33H30IrN2-2. The molecule has 0 spiro atoms. The first-order valence-corrected chi connectivity index (χ1v) is 11.8. The molecule has 0 N–H and O–H groups in total. The molecule has 0 atom stereocenters. The van der Waals surface area contributed by atoms with Crippen molar-refractivity contribution in [3.8, 4) is 22.5 Å². The summed E-state index contributed by atoms with van der Waals surface area (Å²) in [7, 11) is 0. The van der Waals surface area contributed by atoms with Crippen molar-refractivity contribution in [1.29, 1.82) is 0 Å². The summed E-state index contributed by atoms with van der Waals surface area (Å²) >= 11 is 0. The van der Waals surface area contributed by atoms with Crippen LogP contribution < -0.4 is 0 Å². The van der Waals surface area contributed by atoms with E-state index in [0.29, 0.717) is 0 Å². The van der Waals surface area contributed by atoms with Gasteiger partial charge < -0.3 is 9.97 Å². The summed E-state index contributed by atoms with van der Waals surface area (Å²) in [5.41, 5.74) is 8.96. The molecule has 0 saturated carbocycles. The van der Waals surface area contributed by atoms with Crippen LogP contribution in [0.5, 0.6) is 0 Å². The predicted molar refractivity (Wildman–Crippen MR) is 145 cm³/mol. The Morgan fingerprint density at radius 3 is 2.00 bits per heavy atom. The van der Waals surface area contributed by atoms with Gasteiger partial charge in [-0.1, -0.05) is 69.3 Å². The molecular weight excluding hydrogens is 617 g/mol. The van der Waals surface area contributed by atoms with E-state index in [1.54, 1.807) is 0 Å². The molecule has 1 radical (unpaired) electrons. The van der Waals surface area contributed by atoms with Gasteiger partial charge in [0.15, 0.2) is 0 Å². The first kappa shape index (κ1) is 27.2. The van der Waals surface area contributed by atoms with Crippen LogP contribution in [0.15, 0.2) is 109 Å². The van der Waals surface area contributed by atoms with E-state index in [4.69, 9.17) is 0 Å². The topological polar surface area (TPSA) is 25.8 Å². The van der Waals surface area contributed by atoms with Crippen molar-refractivity contribution >= 4 is 0 Å². The molecule has 2 nitrogen and oxygen atoms in total. The maximum atomic E-state index is 4.49. The maximum Gasteiger partial charge on any atom is 0.0190 e. The van der Waals surface area contributed by atoms with Crippen molar-refractivity contribution in [3.05, 3.63) is 144 Å². The van der Waals surface area contributed by atoms with E-state index in [0.717, 1.165) is 22.5 Å². The minimum atomic E-state index is -0.0479. The van der Waals surface area contributed by atoms with Crippen LogP contribution in [0.25, 0.3) is 22.5 Å². The molecule has 0 aliphatic carbocycles. The Hall–Kier alpha value is -3.39. The molecule has 36 heavy (non-hydrogen) atoms. The zero-order valence-electron chi connectivity index (χ0n) is 21.1. The van der Waals surface area contributed by atoms with Crippen LogP contribution >= 0.6 is 0 Å². The average molecular weight is 647 g/mol. The number of aromatic nitrogens is 2. The molecule has 0 aliphatic heterocycles. The summed E-state index contributed by atoms with van der Waals surface area (Å²) in [5.74, 6) is 0. The second-order valence-corrected chi connectivity index (χ2v) is 9.20. The summed E-state index contributed by atoms with van der Waals surface area (Å²) in [4.78, 5) is 8.83. The molecule has 0 unspecified atom stereocenters. The van der Waals surface area contributed by atoms with E-state index in [2.05, 4.69) is 97.5 Å². The maximum absolute atomic E-state index is 4.49. The van der Waals surface area contributed by atoms with Crippen LogP contribution in [0, 0.1) is 26.0 Å². The summed E-state index contributed by atoms with van der Waals surface area (Å²) in [6.07, 6.45) is 3.76. The van der Waals surface area contributed by atoms with Crippen LogP contribution in [0.4, 0.5) is 0 Å². The fraction of sp³-hybridized carbons (Fsp3) is 0.152. The second-order valence-electron chi connectivity index (χ2n) is 9.20. The molecule has 2 heterocycles. The molecule has 3 heteroatoms. The third-order valence-electron chi connectivity index (χ3n) is 6.12. The van der Waals surface area contributed by atoms with Gasteiger partial charge in [-0.3, -0.25) is 0 Å². The SMILES string of the molecule is CC(C)(c1ccccc1)c1ccnc(-c2[c-]cccc2)c1.Cc1c[c-]c(-c2ccc(C)cn2)cc1.[Ir]. The van der Waals surface area contributed by atoms with Crippen molar-refractivity contribution in [3.63, 3.8) is 0 Å². The Morgan fingerprint density at radius 1 is 0.639 bits per heavy atom. The first-order valence-electron chi connectivity index (χ1n) is 11.8. The van der Waals surface area contributed by atoms with E-state index in [9.17, 15) is 0 Å². The number of hydrogen-bond acceptors (Lipinski definition) is 2. The number of rotatable bonds is 4. The molecule has 0 amide bonds. The van der Waals surface area contributed by atoms with Gasteiger partial charge in [0.25, 0.3) is 0 Å². The van der Waals surface area contributed by atoms with Gasteiger partial charge in [-0.25, -0.2) is 0 Å². The Labute approximate surface area is 228 Å². The molecule has 0 aliphatic rings. The van der Waals surface area contributed by atoms with Crippen molar-refractivity contribution in [1.82, 2.24) is 9.97 Å². The van der Waals surface area contributed by atoms with Crippen molar-refractivity contribution in [2.75, 3.05) is 0 Å². The smallest absolute Gasteiger partial charge is 0.0190 e. The number of pyridine rings is 2. The van der Waals surface area contributed by atoms with E-state index >= 15 is 0 Å². The third-order valence-corrected chi connectivity index (χ3v) is 6.12. The minimum Gasteiger partial charge on any atom is -0.305 e. The summed E-state index contributed by atoms with van der Waals surface area (Å²) < 4.78 is 0. The van der Waals surface area contributed by atoms with Crippen LogP contribution in [-0.2, 0) is 25.5 Å². The summed E-state index contributed by atoms with van der Waals surface area (Å²) in [5, 5.41) is 0. The molecule has 2 aromatic heterocycles. The Bertz CT molecular complexity index is 1300. The van der Waals surface area contributed by atoms with E-state index in [1.165, 1.54) is 22.3 Å². The zero-order valence-corrected chi connectivity index (χ0v) is 23.5. The fourth-order valence-corrected chi connectivity index (χ4v) is 3.83. The average Bonchev–Trinajstić information content (AvgIpc) is 2.91. The van der Waals surface area contributed by atoms with Crippen molar-refractivity contribution in [2.24, 2.45) is 0 Å². The monoisotopic (exact) mass is 647 g/mol. The Morgan fingerprint density at radius 2 is 1.36 bits per heavy atom. The summed E-state index contributed by atoms with van der Waals surface area (Å²) in [6, 6.07) is 39.4. The number of hydrogen-bond donors (Lipinski definition) is 0. The molecule has 183 valence electrons. The van der Waals surface area contributed by atoms with Gasteiger partial charge in [0.05, 0.1) is 0 Å². The van der Waals surface area contributed by atoms with Crippen LogP contribution in [0.1, 0.15) is 36.1 Å². The standard InChI is InChI=1S/C20H18N.C13H12N.Ir/c1-20(2,17-11-7-4-8-12-17)18-13-14-21-19(15-18)16-9-5-3-6-10-16;1-10-3-6-12(7-4-10)13-8-5-11(2)9-14-13;/h3-9,11-15H,1-2H3;3-6,8-9H,1-2H3;/q2*-1;. The molecule has 5 aromatic rings. The molecule has 0 saturated heterocycles. The minimum absolute atomic E-state index is 0. The Balaban J connectivity index is 0.000000210. The number of aryl methyl sites for hydroxylation is 2. The molecule has 3 aromatic carbocycles. The fourth-order valence-electron chi connectivity index (χ4n) is 3.83. The Kier molecular flexibility index (Phi) is 9.47. The second kappa shape index (κ2) is 12.5. The van der Waals surface area contributed by atoms with Crippen LogP contribution in [-0.4, -0.2) is 9.97 Å². The normalized spacial score (nSPS) is 10.6. The van der Waals surface area contributed by atoms with Gasteiger partial charge in [0, 0.05) is 37.9 Å². The van der Waals surface area contributed by atoms with E-state index < -0.39 is 0 Å². The van der Waals surface area contributed by atoms with Gasteiger partial charge in [-0.2, -0.15) is 0 Å². The van der Waals surface area contributed by atoms with E-state index in [-0.39, 0.29) is 25.5 Å². The predicted octanol–water partition coefficient (Wildman–Crippen LogP) is 8.04. The van der Waals surface area contributed by atoms with Gasteiger partial charge in [0.2, 0.25) is 0 Å². The first-order chi connectivity index (χ1) is 16.9. The zero-order chi connectivity index (χ0) is 24.7. The van der Waals surface area contributed by atoms with Gasteiger partial charge in [-0.05, 0) is 41.1 Å². The third kappa shape index (κ3) is 6.85. The summed E-state index contributed by atoms with van der Waals surface area (Å²) in [6.45, 7) is 8.59. The van der Waals surface area contributed by atoms with Gasteiger partial charge in [-0.15, -0.1) is 71.3 Å². The van der Waals surface area contributed by atoms with Crippen LogP contribution in [0.3, 0.4) is 0 Å². The van der Waals surface area contributed by atoms with Crippen LogP contribution in [0.2, 0.25) is 0 Å². The van der Waals surface area contributed by atoms with Crippen molar-refractivity contribution in [2.45, 2.75) is 33.1 Å². The van der Waals surface area contributed by atoms with Crippen molar-refractivity contribution < 1.29 is 20.1 Å². The molecule has 5 rings (SSSR count).